The van der Waals surface area contributed by atoms with E-state index in [1.54, 1.807) is 18.2 Å². The molecule has 0 spiro atoms. The number of ether oxygens (including phenoxy) is 1. The van der Waals surface area contributed by atoms with Crippen LogP contribution in [-0.2, 0) is 6.61 Å². The van der Waals surface area contributed by atoms with E-state index < -0.39 is 17.6 Å². The standard InChI is InChI=1S/C19H15FN4O3/c20-17-13(11-27-15-7-14(18(21)25)9-23-10-15)3-1-5-16(17)24-19(26)12-4-2-6-22-8-12/h1-10H,11H2,(H2,21,25)(H,24,26). The van der Waals surface area contributed by atoms with Crippen LogP contribution in [0, 0.1) is 5.82 Å². The van der Waals surface area contributed by atoms with Crippen molar-refractivity contribution in [3.63, 3.8) is 0 Å². The number of nitrogens with two attached hydrogens (primary N) is 1. The van der Waals surface area contributed by atoms with Crippen LogP contribution in [0.25, 0.3) is 0 Å². The zero-order valence-corrected chi connectivity index (χ0v) is 14.1. The third kappa shape index (κ3) is 4.43. The quantitative estimate of drug-likeness (QED) is 0.697. The molecular formula is C19H15FN4O3. The number of rotatable bonds is 6. The molecule has 0 radical (unpaired) electrons. The molecular weight excluding hydrogens is 351 g/mol. The lowest BCUT2D eigenvalue weighted by atomic mass is 10.2. The van der Waals surface area contributed by atoms with Crippen LogP contribution in [0.1, 0.15) is 26.3 Å². The van der Waals surface area contributed by atoms with Gasteiger partial charge in [-0.15, -0.1) is 0 Å². The Morgan fingerprint density at radius 1 is 1.07 bits per heavy atom. The Hall–Kier alpha value is -3.81. The van der Waals surface area contributed by atoms with Gasteiger partial charge >= 0.3 is 0 Å². The van der Waals surface area contributed by atoms with Crippen molar-refractivity contribution in [2.75, 3.05) is 5.32 Å². The Kier molecular flexibility index (Phi) is 5.36. The van der Waals surface area contributed by atoms with Crippen molar-refractivity contribution >= 4 is 17.5 Å². The smallest absolute Gasteiger partial charge is 0.257 e. The van der Waals surface area contributed by atoms with Gasteiger partial charge in [0.1, 0.15) is 12.4 Å². The van der Waals surface area contributed by atoms with Gasteiger partial charge in [0.2, 0.25) is 5.91 Å². The Morgan fingerprint density at radius 3 is 2.63 bits per heavy atom. The molecule has 0 unspecified atom stereocenters. The minimum absolute atomic E-state index is 0.0222. The van der Waals surface area contributed by atoms with E-state index in [4.69, 9.17) is 10.5 Å². The number of benzene rings is 1. The summed E-state index contributed by atoms with van der Waals surface area (Å²) in [6, 6.07) is 9.18. The molecule has 0 saturated carbocycles. The maximum absolute atomic E-state index is 14.7. The zero-order valence-electron chi connectivity index (χ0n) is 14.1. The van der Waals surface area contributed by atoms with E-state index in [0.29, 0.717) is 5.56 Å². The molecule has 1 aromatic carbocycles. The first-order valence-electron chi connectivity index (χ1n) is 7.91. The van der Waals surface area contributed by atoms with Gasteiger partial charge in [-0.1, -0.05) is 12.1 Å². The summed E-state index contributed by atoms with van der Waals surface area (Å²) in [5, 5.41) is 2.51. The Balaban J connectivity index is 1.72. The number of primary amides is 1. The number of nitrogens with zero attached hydrogens (tertiary/aromatic N) is 2. The third-order valence-corrected chi connectivity index (χ3v) is 3.64. The molecule has 2 heterocycles. The highest BCUT2D eigenvalue weighted by atomic mass is 19.1. The number of carbonyl (C=O) groups is 2. The highest BCUT2D eigenvalue weighted by Crippen LogP contribution is 2.21. The normalized spacial score (nSPS) is 10.3. The summed E-state index contributed by atoms with van der Waals surface area (Å²) in [5.41, 5.74) is 5.94. The third-order valence-electron chi connectivity index (χ3n) is 3.64. The summed E-state index contributed by atoms with van der Waals surface area (Å²) in [6.07, 6.45) is 5.62. The van der Waals surface area contributed by atoms with Crippen LogP contribution in [0.3, 0.4) is 0 Å². The molecule has 2 aromatic heterocycles. The Bertz CT molecular complexity index is 980. The Morgan fingerprint density at radius 2 is 1.89 bits per heavy atom. The summed E-state index contributed by atoms with van der Waals surface area (Å²) in [4.78, 5) is 31.0. The van der Waals surface area contributed by atoms with Crippen LogP contribution in [0.2, 0.25) is 0 Å². The van der Waals surface area contributed by atoms with Gasteiger partial charge in [-0.05, 0) is 24.3 Å². The van der Waals surface area contributed by atoms with Crippen LogP contribution in [0.4, 0.5) is 10.1 Å². The summed E-state index contributed by atoms with van der Waals surface area (Å²) in [7, 11) is 0. The van der Waals surface area contributed by atoms with Crippen molar-refractivity contribution in [2.45, 2.75) is 6.61 Å². The lowest BCUT2D eigenvalue weighted by molar-refractivity contribution is 0.0997. The fourth-order valence-electron chi connectivity index (χ4n) is 2.27. The molecule has 3 rings (SSSR count). The SMILES string of the molecule is NC(=O)c1cncc(OCc2cccc(NC(=O)c3cccnc3)c2F)c1. The number of hydrogen-bond donors (Lipinski definition) is 2. The van der Waals surface area contributed by atoms with E-state index in [2.05, 4.69) is 15.3 Å². The van der Waals surface area contributed by atoms with E-state index in [1.165, 1.54) is 43.0 Å². The largest absolute Gasteiger partial charge is 0.487 e. The molecule has 0 aliphatic rings. The first-order valence-corrected chi connectivity index (χ1v) is 7.91. The van der Waals surface area contributed by atoms with Crippen LogP contribution in [-0.4, -0.2) is 21.8 Å². The van der Waals surface area contributed by atoms with Gasteiger partial charge in [-0.25, -0.2) is 4.39 Å². The molecule has 2 amide bonds. The van der Waals surface area contributed by atoms with Crippen molar-refractivity contribution in [2.24, 2.45) is 5.73 Å². The van der Waals surface area contributed by atoms with Gasteiger partial charge in [0.05, 0.1) is 23.0 Å². The second kappa shape index (κ2) is 8.05. The highest BCUT2D eigenvalue weighted by Gasteiger charge is 2.13. The fraction of sp³-hybridized carbons (Fsp3) is 0.0526. The summed E-state index contributed by atoms with van der Waals surface area (Å²) >= 11 is 0. The minimum atomic E-state index is -0.640. The molecule has 3 N–H and O–H groups in total. The number of carbonyl (C=O) groups excluding carboxylic acids is 2. The molecule has 8 heteroatoms. The molecule has 0 bridgehead atoms. The molecule has 3 aromatic rings. The summed E-state index contributed by atoms with van der Waals surface area (Å²) in [6.45, 7) is -0.119. The number of hydrogen-bond acceptors (Lipinski definition) is 5. The van der Waals surface area contributed by atoms with Crippen molar-refractivity contribution in [3.8, 4) is 5.75 Å². The minimum Gasteiger partial charge on any atom is -0.487 e. The maximum Gasteiger partial charge on any atom is 0.257 e. The number of pyridine rings is 2. The van der Waals surface area contributed by atoms with E-state index in [9.17, 15) is 14.0 Å². The first-order chi connectivity index (χ1) is 13.0. The van der Waals surface area contributed by atoms with Gasteiger partial charge in [0.15, 0.2) is 5.82 Å². The van der Waals surface area contributed by atoms with Crippen molar-refractivity contribution < 1.29 is 18.7 Å². The van der Waals surface area contributed by atoms with Crippen molar-refractivity contribution in [1.29, 1.82) is 0 Å². The maximum atomic E-state index is 14.7. The van der Waals surface area contributed by atoms with E-state index >= 15 is 0 Å². The van der Waals surface area contributed by atoms with Crippen LogP contribution in [0.15, 0.2) is 61.2 Å². The molecule has 0 aliphatic heterocycles. The number of anilines is 1. The monoisotopic (exact) mass is 366 g/mol. The average Bonchev–Trinajstić information content (AvgIpc) is 2.69. The highest BCUT2D eigenvalue weighted by molar-refractivity contribution is 6.04. The topological polar surface area (TPSA) is 107 Å². The summed E-state index contributed by atoms with van der Waals surface area (Å²) < 4.78 is 20.1. The predicted molar refractivity (Wildman–Crippen MR) is 95.7 cm³/mol. The average molecular weight is 366 g/mol. The lowest BCUT2D eigenvalue weighted by Gasteiger charge is -2.11. The zero-order chi connectivity index (χ0) is 19.2. The van der Waals surface area contributed by atoms with Gasteiger partial charge < -0.3 is 15.8 Å². The van der Waals surface area contributed by atoms with Crippen LogP contribution >= 0.6 is 0 Å². The van der Waals surface area contributed by atoms with Gasteiger partial charge in [-0.2, -0.15) is 0 Å². The molecule has 0 atom stereocenters. The molecule has 27 heavy (non-hydrogen) atoms. The van der Waals surface area contributed by atoms with Crippen LogP contribution in [0.5, 0.6) is 5.75 Å². The second-order valence-electron chi connectivity index (χ2n) is 5.54. The van der Waals surface area contributed by atoms with Crippen molar-refractivity contribution in [1.82, 2.24) is 9.97 Å². The molecule has 136 valence electrons. The molecule has 7 nitrogen and oxygen atoms in total. The van der Waals surface area contributed by atoms with Gasteiger partial charge in [0, 0.05) is 24.2 Å². The summed E-state index contributed by atoms with van der Waals surface area (Å²) in [5.74, 6) is -1.46. The van der Waals surface area contributed by atoms with E-state index in [1.807, 2.05) is 0 Å². The van der Waals surface area contributed by atoms with Gasteiger partial charge in [-0.3, -0.25) is 19.6 Å². The molecule has 0 saturated heterocycles. The molecule has 0 fully saturated rings. The van der Waals surface area contributed by atoms with E-state index in [0.717, 1.165) is 0 Å². The van der Waals surface area contributed by atoms with Gasteiger partial charge in [0.25, 0.3) is 5.91 Å². The Labute approximate surface area is 154 Å². The van der Waals surface area contributed by atoms with E-state index in [-0.39, 0.29) is 29.2 Å². The fourth-order valence-corrected chi connectivity index (χ4v) is 2.27. The number of amides is 2. The first kappa shape index (κ1) is 18.0. The lowest BCUT2D eigenvalue weighted by Crippen LogP contribution is -2.14. The number of halogens is 1. The van der Waals surface area contributed by atoms with Crippen molar-refractivity contribution in [3.05, 3.63) is 83.7 Å². The predicted octanol–water partition coefficient (Wildman–Crippen LogP) is 2.55. The van der Waals surface area contributed by atoms with Crippen LogP contribution < -0.4 is 15.8 Å². The number of aromatic nitrogens is 2. The second-order valence-corrected chi connectivity index (χ2v) is 5.54. The molecule has 0 aliphatic carbocycles. The number of nitrogens with one attached hydrogen (secondary N) is 1.